The smallest absolute Gasteiger partial charge is 0.317 e. The van der Waals surface area contributed by atoms with Gasteiger partial charge in [-0.05, 0) is 30.3 Å². The highest BCUT2D eigenvalue weighted by Crippen LogP contribution is 2.19. The third-order valence-electron chi connectivity index (χ3n) is 3.77. The number of hydrogen-bond donors (Lipinski definition) is 3. The summed E-state index contributed by atoms with van der Waals surface area (Å²) < 4.78 is 0. The van der Waals surface area contributed by atoms with E-state index in [1.54, 1.807) is 18.3 Å². The quantitative estimate of drug-likeness (QED) is 0.794. The Labute approximate surface area is 128 Å². The molecule has 1 fully saturated rings. The van der Waals surface area contributed by atoms with Crippen molar-refractivity contribution in [2.45, 2.75) is 6.54 Å². The van der Waals surface area contributed by atoms with E-state index in [9.17, 15) is 9.90 Å². The van der Waals surface area contributed by atoms with Gasteiger partial charge in [0.25, 0.3) is 0 Å². The molecular weight excluding hydrogens is 282 g/mol. The van der Waals surface area contributed by atoms with Gasteiger partial charge in [0, 0.05) is 38.1 Å². The van der Waals surface area contributed by atoms with Crippen LogP contribution in [-0.4, -0.2) is 52.4 Å². The molecular formula is C15H19N5O2. The molecule has 0 aliphatic carbocycles. The van der Waals surface area contributed by atoms with Crippen LogP contribution in [0.25, 0.3) is 0 Å². The number of rotatable bonds is 3. The zero-order valence-corrected chi connectivity index (χ0v) is 12.2. The van der Waals surface area contributed by atoms with Crippen molar-refractivity contribution in [3.05, 3.63) is 42.2 Å². The van der Waals surface area contributed by atoms with Gasteiger partial charge in [0.2, 0.25) is 0 Å². The zero-order valence-electron chi connectivity index (χ0n) is 12.2. The number of carbonyl (C=O) groups excluding carboxylic acids is 1. The van der Waals surface area contributed by atoms with Crippen molar-refractivity contribution in [3.63, 3.8) is 0 Å². The molecule has 1 aliphatic rings. The lowest BCUT2D eigenvalue weighted by molar-refractivity contribution is 0.194. The lowest BCUT2D eigenvalue weighted by Crippen LogP contribution is -2.51. The fraction of sp³-hybridized carbons (Fsp3) is 0.333. The summed E-state index contributed by atoms with van der Waals surface area (Å²) in [4.78, 5) is 16.1. The molecule has 2 amide bonds. The van der Waals surface area contributed by atoms with Crippen LogP contribution in [0.3, 0.4) is 0 Å². The number of anilines is 1. The van der Waals surface area contributed by atoms with Gasteiger partial charge < -0.3 is 20.2 Å². The number of carbonyl (C=O) groups is 1. The number of phenolic OH excluding ortho intramolecular Hbond substituents is 1. The van der Waals surface area contributed by atoms with E-state index in [-0.39, 0.29) is 11.8 Å². The largest absolute Gasteiger partial charge is 0.508 e. The first kappa shape index (κ1) is 14.2. The topological polar surface area (TPSA) is 84.5 Å². The van der Waals surface area contributed by atoms with Gasteiger partial charge in [-0.15, -0.1) is 0 Å². The number of aromatic amines is 1. The Morgan fingerprint density at radius 3 is 2.55 bits per heavy atom. The Morgan fingerprint density at radius 2 is 1.91 bits per heavy atom. The molecule has 0 atom stereocenters. The molecule has 0 radical (unpaired) electrons. The van der Waals surface area contributed by atoms with Crippen LogP contribution in [0.4, 0.5) is 10.5 Å². The van der Waals surface area contributed by atoms with Gasteiger partial charge in [0.15, 0.2) is 0 Å². The number of nitrogens with zero attached hydrogens (tertiary/aromatic N) is 3. The van der Waals surface area contributed by atoms with Crippen molar-refractivity contribution in [2.24, 2.45) is 0 Å². The van der Waals surface area contributed by atoms with E-state index in [1.807, 2.05) is 23.1 Å². The third kappa shape index (κ3) is 3.30. The average molecular weight is 301 g/mol. The molecule has 1 saturated heterocycles. The van der Waals surface area contributed by atoms with Gasteiger partial charge in [-0.25, -0.2) is 4.79 Å². The van der Waals surface area contributed by atoms with Crippen LogP contribution in [0.1, 0.15) is 5.69 Å². The predicted molar refractivity (Wildman–Crippen MR) is 82.7 cm³/mol. The molecule has 3 N–H and O–H groups in total. The molecule has 7 heteroatoms. The van der Waals surface area contributed by atoms with Crippen LogP contribution < -0.4 is 10.2 Å². The maximum atomic E-state index is 12.1. The number of piperazine rings is 1. The molecule has 0 bridgehead atoms. The van der Waals surface area contributed by atoms with Crippen LogP contribution in [-0.2, 0) is 6.54 Å². The summed E-state index contributed by atoms with van der Waals surface area (Å²) in [5.41, 5.74) is 1.95. The SMILES string of the molecule is O=C(NCc1ccn[nH]1)N1CCN(c2ccc(O)cc2)CC1. The average Bonchev–Trinajstić information content (AvgIpc) is 3.07. The summed E-state index contributed by atoms with van der Waals surface area (Å²) in [6.45, 7) is 3.37. The second kappa shape index (κ2) is 6.38. The number of hydrogen-bond acceptors (Lipinski definition) is 4. The third-order valence-corrected chi connectivity index (χ3v) is 3.77. The minimum Gasteiger partial charge on any atom is -0.508 e. The molecule has 1 aliphatic heterocycles. The van der Waals surface area contributed by atoms with E-state index in [2.05, 4.69) is 20.4 Å². The molecule has 1 aromatic carbocycles. The van der Waals surface area contributed by atoms with E-state index in [0.29, 0.717) is 19.6 Å². The van der Waals surface area contributed by atoms with Crippen molar-refractivity contribution in [2.75, 3.05) is 31.1 Å². The first-order valence-corrected chi connectivity index (χ1v) is 7.27. The number of amides is 2. The Morgan fingerprint density at radius 1 is 1.18 bits per heavy atom. The van der Waals surface area contributed by atoms with Crippen molar-refractivity contribution < 1.29 is 9.90 Å². The minimum absolute atomic E-state index is 0.0556. The minimum atomic E-state index is -0.0556. The molecule has 2 heterocycles. The lowest BCUT2D eigenvalue weighted by Gasteiger charge is -2.36. The van der Waals surface area contributed by atoms with Crippen molar-refractivity contribution in [3.8, 4) is 5.75 Å². The summed E-state index contributed by atoms with van der Waals surface area (Å²) in [7, 11) is 0. The molecule has 1 aromatic heterocycles. The number of H-pyrrole nitrogens is 1. The predicted octanol–water partition coefficient (Wildman–Crippen LogP) is 1.15. The number of benzene rings is 1. The van der Waals surface area contributed by atoms with Gasteiger partial charge in [-0.1, -0.05) is 0 Å². The van der Waals surface area contributed by atoms with Gasteiger partial charge in [-0.3, -0.25) is 5.10 Å². The Kier molecular flexibility index (Phi) is 4.13. The maximum absolute atomic E-state index is 12.1. The summed E-state index contributed by atoms with van der Waals surface area (Å²) in [5, 5.41) is 18.9. The molecule has 0 saturated carbocycles. The number of aromatic hydroxyl groups is 1. The fourth-order valence-corrected chi connectivity index (χ4v) is 2.50. The van der Waals surface area contributed by atoms with Crippen LogP contribution in [0, 0.1) is 0 Å². The normalized spacial score (nSPS) is 14.9. The van der Waals surface area contributed by atoms with Crippen LogP contribution in [0.5, 0.6) is 5.75 Å². The van der Waals surface area contributed by atoms with Crippen molar-refractivity contribution in [1.82, 2.24) is 20.4 Å². The van der Waals surface area contributed by atoms with E-state index >= 15 is 0 Å². The standard InChI is InChI=1S/C15H19N5O2/c21-14-3-1-13(2-4-14)19-7-9-20(10-8-19)15(22)16-11-12-5-6-17-18-12/h1-6,21H,7-11H2,(H,16,22)(H,17,18). The van der Waals surface area contributed by atoms with Gasteiger partial charge >= 0.3 is 6.03 Å². The molecule has 7 nitrogen and oxygen atoms in total. The summed E-state index contributed by atoms with van der Waals surface area (Å²) >= 11 is 0. The van der Waals surface area contributed by atoms with Crippen LogP contribution in [0.15, 0.2) is 36.5 Å². The van der Waals surface area contributed by atoms with E-state index in [0.717, 1.165) is 24.5 Å². The number of aromatic nitrogens is 2. The maximum Gasteiger partial charge on any atom is 0.317 e. The Bertz CT molecular complexity index is 603. The summed E-state index contributed by atoms with van der Waals surface area (Å²) in [6.07, 6.45) is 1.66. The zero-order chi connectivity index (χ0) is 15.4. The van der Waals surface area contributed by atoms with E-state index in [4.69, 9.17) is 0 Å². The van der Waals surface area contributed by atoms with Gasteiger partial charge in [0.1, 0.15) is 5.75 Å². The highest BCUT2D eigenvalue weighted by molar-refractivity contribution is 5.74. The number of phenols is 1. The molecule has 2 aromatic rings. The van der Waals surface area contributed by atoms with Crippen LogP contribution >= 0.6 is 0 Å². The number of nitrogens with one attached hydrogen (secondary N) is 2. The van der Waals surface area contributed by atoms with Gasteiger partial charge in [-0.2, -0.15) is 5.10 Å². The second-order valence-corrected chi connectivity index (χ2v) is 5.23. The Hall–Kier alpha value is -2.70. The second-order valence-electron chi connectivity index (χ2n) is 5.23. The monoisotopic (exact) mass is 301 g/mol. The molecule has 0 unspecified atom stereocenters. The highest BCUT2D eigenvalue weighted by atomic mass is 16.3. The first-order chi connectivity index (χ1) is 10.7. The lowest BCUT2D eigenvalue weighted by atomic mass is 10.2. The van der Waals surface area contributed by atoms with E-state index in [1.165, 1.54) is 0 Å². The van der Waals surface area contributed by atoms with Gasteiger partial charge in [0.05, 0.1) is 12.2 Å². The van der Waals surface area contributed by atoms with Crippen molar-refractivity contribution in [1.29, 1.82) is 0 Å². The van der Waals surface area contributed by atoms with E-state index < -0.39 is 0 Å². The summed E-state index contributed by atoms with van der Waals surface area (Å²) in [6, 6.07) is 8.92. The number of urea groups is 1. The first-order valence-electron chi connectivity index (χ1n) is 7.27. The molecule has 3 rings (SSSR count). The summed E-state index contributed by atoms with van der Waals surface area (Å²) in [5.74, 6) is 0.264. The Balaban J connectivity index is 1.48. The molecule has 0 spiro atoms. The molecule has 22 heavy (non-hydrogen) atoms. The molecule has 116 valence electrons. The van der Waals surface area contributed by atoms with Crippen LogP contribution in [0.2, 0.25) is 0 Å². The highest BCUT2D eigenvalue weighted by Gasteiger charge is 2.21. The van der Waals surface area contributed by atoms with Crippen molar-refractivity contribution >= 4 is 11.7 Å². The fourth-order valence-electron chi connectivity index (χ4n) is 2.50.